The molecule has 0 saturated carbocycles. The zero-order valence-electron chi connectivity index (χ0n) is 12.0. The molecule has 1 aromatic rings. The van der Waals surface area contributed by atoms with E-state index in [2.05, 4.69) is 36.0 Å². The number of nitrogens with zero attached hydrogens (tertiary/aromatic N) is 2. The first-order valence-electron chi connectivity index (χ1n) is 6.93. The van der Waals surface area contributed by atoms with Gasteiger partial charge in [-0.25, -0.2) is 0 Å². The molecule has 1 N–H and O–H groups in total. The molecule has 1 aliphatic heterocycles. The Labute approximate surface area is 115 Å². The van der Waals surface area contributed by atoms with Gasteiger partial charge in [-0.3, -0.25) is 14.7 Å². The van der Waals surface area contributed by atoms with Gasteiger partial charge in [-0.05, 0) is 39.3 Å². The van der Waals surface area contributed by atoms with Gasteiger partial charge in [0.25, 0.3) is 0 Å². The lowest BCUT2D eigenvalue weighted by molar-refractivity contribution is -0.135. The summed E-state index contributed by atoms with van der Waals surface area (Å²) in [5.41, 5.74) is 1.09. The number of hydrogen-bond acceptors (Lipinski definition) is 3. The number of likely N-dealkylation sites (tertiary alicyclic amines) is 1. The maximum atomic E-state index is 12.1. The number of carbonyl (C=O) groups excluding carboxylic acids is 1. The molecule has 104 valence electrons. The van der Waals surface area contributed by atoms with Crippen LogP contribution in [0.4, 0.5) is 0 Å². The lowest BCUT2D eigenvalue weighted by Crippen LogP contribution is -2.62. The van der Waals surface area contributed by atoms with Crippen LogP contribution in [-0.2, 0) is 11.2 Å². The average Bonchev–Trinajstić information content (AvgIpc) is 2.26. The summed E-state index contributed by atoms with van der Waals surface area (Å²) in [5.74, 6) is 0.150. The Kier molecular flexibility index (Phi) is 4.20. The van der Waals surface area contributed by atoms with Crippen molar-refractivity contribution in [1.82, 2.24) is 15.2 Å². The summed E-state index contributed by atoms with van der Waals surface area (Å²) in [7, 11) is 0. The van der Waals surface area contributed by atoms with Crippen molar-refractivity contribution in [3.8, 4) is 0 Å². The predicted octanol–water partition coefficient (Wildman–Crippen LogP) is 1.61. The molecular formula is C15H23N3O. The second kappa shape index (κ2) is 5.70. The monoisotopic (exact) mass is 261 g/mol. The van der Waals surface area contributed by atoms with Gasteiger partial charge in [0, 0.05) is 36.9 Å². The molecule has 2 heterocycles. The number of pyridine rings is 1. The first-order chi connectivity index (χ1) is 8.98. The van der Waals surface area contributed by atoms with E-state index in [0.29, 0.717) is 6.54 Å². The number of amides is 1. The molecule has 1 aromatic heterocycles. The molecule has 1 unspecified atom stereocenters. The number of hydrogen-bond donors (Lipinski definition) is 1. The SMILES string of the molecule is CC(C)(C)N1CCC1C(=O)NCCc1ccccn1. The molecule has 4 heteroatoms. The minimum absolute atomic E-state index is 0.0451. The molecule has 0 aliphatic carbocycles. The van der Waals surface area contributed by atoms with E-state index in [4.69, 9.17) is 0 Å². The second-order valence-corrected chi connectivity index (χ2v) is 6.03. The molecule has 4 nitrogen and oxygen atoms in total. The van der Waals surface area contributed by atoms with E-state index in [0.717, 1.165) is 25.1 Å². The van der Waals surface area contributed by atoms with E-state index < -0.39 is 0 Å². The number of aromatic nitrogens is 1. The molecule has 19 heavy (non-hydrogen) atoms. The maximum Gasteiger partial charge on any atom is 0.237 e. The topological polar surface area (TPSA) is 45.2 Å². The van der Waals surface area contributed by atoms with Gasteiger partial charge in [0.15, 0.2) is 0 Å². The largest absolute Gasteiger partial charge is 0.354 e. The van der Waals surface area contributed by atoms with Gasteiger partial charge in [0.2, 0.25) is 5.91 Å². The van der Waals surface area contributed by atoms with Crippen LogP contribution >= 0.6 is 0 Å². The Morgan fingerprint density at radius 1 is 1.47 bits per heavy atom. The van der Waals surface area contributed by atoms with Crippen LogP contribution in [-0.4, -0.2) is 40.5 Å². The molecule has 1 amide bonds. The second-order valence-electron chi connectivity index (χ2n) is 6.03. The molecule has 0 bridgehead atoms. The van der Waals surface area contributed by atoms with E-state index in [-0.39, 0.29) is 17.5 Å². The van der Waals surface area contributed by atoms with Crippen LogP contribution in [0.2, 0.25) is 0 Å². The van der Waals surface area contributed by atoms with Crippen molar-refractivity contribution in [2.24, 2.45) is 0 Å². The van der Waals surface area contributed by atoms with Gasteiger partial charge < -0.3 is 5.32 Å². The van der Waals surface area contributed by atoms with Gasteiger partial charge in [0.05, 0.1) is 6.04 Å². The van der Waals surface area contributed by atoms with Crippen molar-refractivity contribution < 1.29 is 4.79 Å². The summed E-state index contributed by atoms with van der Waals surface area (Å²) in [6.45, 7) is 8.13. The third-order valence-electron chi connectivity index (χ3n) is 3.59. The van der Waals surface area contributed by atoms with Crippen LogP contribution in [0, 0.1) is 0 Å². The Morgan fingerprint density at radius 3 is 2.79 bits per heavy atom. The molecule has 0 radical (unpaired) electrons. The first-order valence-corrected chi connectivity index (χ1v) is 6.93. The van der Waals surface area contributed by atoms with Crippen LogP contribution < -0.4 is 5.32 Å². The Bertz CT molecular complexity index is 425. The first kappa shape index (κ1) is 14.0. The number of nitrogens with one attached hydrogen (secondary N) is 1. The fourth-order valence-electron chi connectivity index (χ4n) is 2.44. The van der Waals surface area contributed by atoms with Crippen molar-refractivity contribution in [2.75, 3.05) is 13.1 Å². The molecule has 0 spiro atoms. The summed E-state index contributed by atoms with van der Waals surface area (Å²) >= 11 is 0. The summed E-state index contributed by atoms with van der Waals surface area (Å²) in [6.07, 6.45) is 3.53. The van der Waals surface area contributed by atoms with Gasteiger partial charge in [-0.15, -0.1) is 0 Å². The lowest BCUT2D eigenvalue weighted by Gasteiger charge is -2.48. The van der Waals surface area contributed by atoms with E-state index >= 15 is 0 Å². The number of rotatable bonds is 4. The third kappa shape index (κ3) is 3.53. The smallest absolute Gasteiger partial charge is 0.237 e. The molecule has 1 saturated heterocycles. The maximum absolute atomic E-state index is 12.1. The van der Waals surface area contributed by atoms with E-state index in [1.54, 1.807) is 6.20 Å². The molecule has 1 atom stereocenters. The quantitative estimate of drug-likeness (QED) is 0.895. The Hall–Kier alpha value is -1.42. The van der Waals surface area contributed by atoms with Crippen LogP contribution in [0.3, 0.4) is 0 Å². The van der Waals surface area contributed by atoms with Crippen molar-refractivity contribution in [1.29, 1.82) is 0 Å². The molecule has 2 rings (SSSR count). The lowest BCUT2D eigenvalue weighted by atomic mass is 9.93. The van der Waals surface area contributed by atoms with Gasteiger partial charge in [-0.1, -0.05) is 6.07 Å². The zero-order chi connectivity index (χ0) is 13.9. The highest BCUT2D eigenvalue weighted by Crippen LogP contribution is 2.27. The number of carbonyl (C=O) groups is 1. The highest BCUT2D eigenvalue weighted by molar-refractivity contribution is 5.82. The summed E-state index contributed by atoms with van der Waals surface area (Å²) in [5, 5.41) is 3.01. The summed E-state index contributed by atoms with van der Waals surface area (Å²) in [4.78, 5) is 18.6. The van der Waals surface area contributed by atoms with Crippen molar-refractivity contribution in [3.05, 3.63) is 30.1 Å². The van der Waals surface area contributed by atoms with Crippen LogP contribution in [0.15, 0.2) is 24.4 Å². The van der Waals surface area contributed by atoms with Gasteiger partial charge >= 0.3 is 0 Å². The van der Waals surface area contributed by atoms with Crippen LogP contribution in [0.25, 0.3) is 0 Å². The van der Waals surface area contributed by atoms with Crippen molar-refractivity contribution in [2.45, 2.75) is 45.2 Å². The molecule has 1 fully saturated rings. The summed E-state index contributed by atoms with van der Waals surface area (Å²) < 4.78 is 0. The van der Waals surface area contributed by atoms with Crippen LogP contribution in [0.1, 0.15) is 32.9 Å². The molecular weight excluding hydrogens is 238 g/mol. The highest BCUT2D eigenvalue weighted by Gasteiger charge is 2.40. The Balaban J connectivity index is 1.76. The fourth-order valence-corrected chi connectivity index (χ4v) is 2.44. The minimum atomic E-state index is 0.0451. The standard InChI is InChI=1S/C15H23N3O/c1-15(2,3)18-11-8-13(18)14(19)17-10-7-12-6-4-5-9-16-12/h4-6,9,13H,7-8,10-11H2,1-3H3,(H,17,19). The molecule has 1 aliphatic rings. The zero-order valence-corrected chi connectivity index (χ0v) is 12.0. The fraction of sp³-hybridized carbons (Fsp3) is 0.600. The van der Waals surface area contributed by atoms with Gasteiger partial charge in [0.1, 0.15) is 0 Å². The highest BCUT2D eigenvalue weighted by atomic mass is 16.2. The van der Waals surface area contributed by atoms with E-state index in [9.17, 15) is 4.79 Å². The van der Waals surface area contributed by atoms with Crippen molar-refractivity contribution >= 4 is 5.91 Å². The predicted molar refractivity (Wildman–Crippen MR) is 75.8 cm³/mol. The van der Waals surface area contributed by atoms with Crippen LogP contribution in [0.5, 0.6) is 0 Å². The average molecular weight is 261 g/mol. The molecule has 0 aromatic carbocycles. The normalized spacial score (nSPS) is 19.8. The Morgan fingerprint density at radius 2 is 2.26 bits per heavy atom. The van der Waals surface area contributed by atoms with E-state index in [1.807, 2.05) is 18.2 Å². The summed E-state index contributed by atoms with van der Waals surface area (Å²) in [6, 6.07) is 5.90. The minimum Gasteiger partial charge on any atom is -0.354 e. The van der Waals surface area contributed by atoms with Gasteiger partial charge in [-0.2, -0.15) is 0 Å². The third-order valence-corrected chi connectivity index (χ3v) is 3.59. The van der Waals surface area contributed by atoms with E-state index in [1.165, 1.54) is 0 Å². The van der Waals surface area contributed by atoms with Crippen molar-refractivity contribution in [3.63, 3.8) is 0 Å².